The minimum atomic E-state index is -0.313. The number of hydrogen-bond acceptors (Lipinski definition) is 7. The van der Waals surface area contributed by atoms with Crippen molar-refractivity contribution in [1.82, 2.24) is 19.9 Å². The maximum Gasteiger partial charge on any atom is 0.155 e. The van der Waals surface area contributed by atoms with Crippen molar-refractivity contribution < 1.29 is 13.9 Å². The summed E-state index contributed by atoms with van der Waals surface area (Å²) < 4.78 is 24.7. The molecule has 3 aromatic heterocycles. The zero-order valence-corrected chi connectivity index (χ0v) is 21.0. The molecule has 0 amide bonds. The van der Waals surface area contributed by atoms with Gasteiger partial charge in [0.1, 0.15) is 28.3 Å². The molecule has 5 rings (SSSR count). The van der Waals surface area contributed by atoms with E-state index in [1.54, 1.807) is 38.7 Å². The Bertz CT molecular complexity index is 1570. The minimum absolute atomic E-state index is 0.313. The zero-order valence-electron chi connectivity index (χ0n) is 21.0. The molecular weight excluding hydrogens is 469 g/mol. The highest BCUT2D eigenvalue weighted by atomic mass is 19.1. The third-order valence-corrected chi connectivity index (χ3v) is 6.05. The molecule has 0 radical (unpaired) electrons. The van der Waals surface area contributed by atoms with E-state index in [1.807, 2.05) is 44.2 Å². The SMILES string of the molecule is COc1ccc(CNc2nc(-c3ccc(F)cc3)c(-c3cc(C)nc(C)c3)c3nccnc23)c(OC)c1. The first-order valence-electron chi connectivity index (χ1n) is 11.8. The Morgan fingerprint density at radius 1 is 0.784 bits per heavy atom. The van der Waals surface area contributed by atoms with Gasteiger partial charge >= 0.3 is 0 Å². The first-order valence-corrected chi connectivity index (χ1v) is 11.8. The summed E-state index contributed by atoms with van der Waals surface area (Å²) in [7, 11) is 3.24. The van der Waals surface area contributed by atoms with Crippen LogP contribution in [0.5, 0.6) is 11.5 Å². The highest BCUT2D eigenvalue weighted by Crippen LogP contribution is 2.38. The number of aryl methyl sites for hydroxylation is 2. The Kier molecular flexibility index (Phi) is 6.64. The summed E-state index contributed by atoms with van der Waals surface area (Å²) in [4.78, 5) is 18.9. The van der Waals surface area contributed by atoms with Crippen LogP contribution in [0.1, 0.15) is 17.0 Å². The average Bonchev–Trinajstić information content (AvgIpc) is 2.91. The van der Waals surface area contributed by atoms with Crippen LogP contribution in [-0.4, -0.2) is 34.2 Å². The van der Waals surface area contributed by atoms with E-state index in [4.69, 9.17) is 19.4 Å². The summed E-state index contributed by atoms with van der Waals surface area (Å²) in [5, 5.41) is 3.42. The van der Waals surface area contributed by atoms with Crippen molar-refractivity contribution in [3.8, 4) is 33.9 Å². The van der Waals surface area contributed by atoms with Gasteiger partial charge in [-0.25, -0.2) is 14.4 Å². The third kappa shape index (κ3) is 4.91. The Morgan fingerprint density at radius 3 is 2.16 bits per heavy atom. The largest absolute Gasteiger partial charge is 0.497 e. The number of aromatic nitrogens is 4. The van der Waals surface area contributed by atoms with Gasteiger partial charge in [0, 0.05) is 53.1 Å². The molecule has 0 saturated heterocycles. The minimum Gasteiger partial charge on any atom is -0.497 e. The molecule has 0 saturated carbocycles. The van der Waals surface area contributed by atoms with Gasteiger partial charge in [-0.15, -0.1) is 0 Å². The van der Waals surface area contributed by atoms with Gasteiger partial charge in [-0.05, 0) is 67.9 Å². The Hall–Kier alpha value is -4.59. The topological polar surface area (TPSA) is 82.0 Å². The van der Waals surface area contributed by atoms with Crippen LogP contribution in [0.3, 0.4) is 0 Å². The van der Waals surface area contributed by atoms with Crippen LogP contribution in [0.2, 0.25) is 0 Å². The molecule has 0 bridgehead atoms. The van der Waals surface area contributed by atoms with E-state index >= 15 is 0 Å². The fourth-order valence-electron chi connectivity index (χ4n) is 4.40. The van der Waals surface area contributed by atoms with Crippen LogP contribution in [-0.2, 0) is 6.54 Å². The van der Waals surface area contributed by atoms with E-state index in [0.717, 1.165) is 33.6 Å². The maximum atomic E-state index is 13.8. The van der Waals surface area contributed by atoms with Gasteiger partial charge in [0.15, 0.2) is 5.82 Å². The van der Waals surface area contributed by atoms with E-state index in [9.17, 15) is 4.39 Å². The second kappa shape index (κ2) is 10.2. The Balaban J connectivity index is 1.69. The molecule has 0 unspecified atom stereocenters. The molecule has 8 heteroatoms. The molecule has 0 spiro atoms. The smallest absolute Gasteiger partial charge is 0.155 e. The first-order chi connectivity index (χ1) is 18.0. The number of methoxy groups -OCH3 is 2. The lowest BCUT2D eigenvalue weighted by atomic mass is 9.97. The van der Waals surface area contributed by atoms with Crippen LogP contribution in [0.4, 0.5) is 10.2 Å². The third-order valence-electron chi connectivity index (χ3n) is 6.05. The molecule has 1 N–H and O–H groups in total. The molecule has 7 nitrogen and oxygen atoms in total. The molecule has 0 aliphatic carbocycles. The van der Waals surface area contributed by atoms with Crippen molar-refractivity contribution in [3.05, 3.63) is 89.8 Å². The number of hydrogen-bond donors (Lipinski definition) is 1. The number of pyridine rings is 2. The van der Waals surface area contributed by atoms with Crippen LogP contribution in [0.25, 0.3) is 33.4 Å². The summed E-state index contributed by atoms with van der Waals surface area (Å²) in [6.07, 6.45) is 3.31. The Labute approximate surface area is 214 Å². The molecule has 186 valence electrons. The van der Waals surface area contributed by atoms with E-state index in [0.29, 0.717) is 40.6 Å². The van der Waals surface area contributed by atoms with Crippen molar-refractivity contribution in [1.29, 1.82) is 0 Å². The summed E-state index contributed by atoms with van der Waals surface area (Å²) in [5.41, 5.74) is 7.17. The van der Waals surface area contributed by atoms with Gasteiger partial charge in [0.2, 0.25) is 0 Å². The van der Waals surface area contributed by atoms with Gasteiger partial charge in [0.05, 0.1) is 19.9 Å². The number of halogens is 1. The Morgan fingerprint density at radius 2 is 1.49 bits per heavy atom. The normalized spacial score (nSPS) is 10.9. The lowest BCUT2D eigenvalue weighted by molar-refractivity contribution is 0.391. The van der Waals surface area contributed by atoms with E-state index < -0.39 is 0 Å². The van der Waals surface area contributed by atoms with Crippen LogP contribution >= 0.6 is 0 Å². The standard InChI is InChI=1S/C29H26FN5O2/c1-17-13-21(14-18(2)34-17)25-26(19-5-8-22(30)9-6-19)35-29(28-27(25)31-11-12-32-28)33-16-20-7-10-23(36-3)15-24(20)37-4/h5-15H,16H2,1-4H3,(H,33,35). The molecule has 2 aromatic carbocycles. The maximum absolute atomic E-state index is 13.8. The molecule has 3 heterocycles. The second-order valence-electron chi connectivity index (χ2n) is 8.61. The molecular formula is C29H26FN5O2. The highest BCUT2D eigenvalue weighted by Gasteiger charge is 2.20. The lowest BCUT2D eigenvalue weighted by Crippen LogP contribution is -2.07. The molecule has 37 heavy (non-hydrogen) atoms. The predicted octanol–water partition coefficient (Wildman–Crippen LogP) is 6.14. The summed E-state index contributed by atoms with van der Waals surface area (Å²) >= 11 is 0. The van der Waals surface area contributed by atoms with E-state index in [1.165, 1.54) is 12.1 Å². The highest BCUT2D eigenvalue weighted by molar-refractivity contribution is 6.03. The van der Waals surface area contributed by atoms with E-state index in [2.05, 4.69) is 15.3 Å². The van der Waals surface area contributed by atoms with Crippen LogP contribution in [0, 0.1) is 19.7 Å². The number of nitrogens with one attached hydrogen (secondary N) is 1. The number of nitrogens with zero attached hydrogens (tertiary/aromatic N) is 4. The number of fused-ring (bicyclic) bond motifs is 1. The van der Waals surface area contributed by atoms with Gasteiger partial charge in [-0.1, -0.05) is 0 Å². The fourth-order valence-corrected chi connectivity index (χ4v) is 4.40. The molecule has 0 fully saturated rings. The first kappa shape index (κ1) is 24.1. The number of benzene rings is 2. The predicted molar refractivity (Wildman–Crippen MR) is 142 cm³/mol. The van der Waals surface area contributed by atoms with Gasteiger partial charge in [0.25, 0.3) is 0 Å². The number of ether oxygens (including phenoxy) is 2. The summed E-state index contributed by atoms with van der Waals surface area (Å²) in [5.74, 6) is 1.65. The molecule has 0 aliphatic heterocycles. The monoisotopic (exact) mass is 495 g/mol. The van der Waals surface area contributed by atoms with Gasteiger partial charge in [-0.3, -0.25) is 9.97 Å². The number of rotatable bonds is 7. The lowest BCUT2D eigenvalue weighted by Gasteiger charge is -2.17. The van der Waals surface area contributed by atoms with E-state index in [-0.39, 0.29) is 5.82 Å². The molecule has 5 aromatic rings. The van der Waals surface area contributed by atoms with Crippen molar-refractivity contribution in [2.45, 2.75) is 20.4 Å². The van der Waals surface area contributed by atoms with Crippen molar-refractivity contribution in [2.24, 2.45) is 0 Å². The van der Waals surface area contributed by atoms with Crippen molar-refractivity contribution >= 4 is 16.9 Å². The molecule has 0 atom stereocenters. The van der Waals surface area contributed by atoms with Crippen molar-refractivity contribution in [2.75, 3.05) is 19.5 Å². The quantitative estimate of drug-likeness (QED) is 0.290. The summed E-state index contributed by atoms with van der Waals surface area (Å²) in [6, 6.07) is 16.0. The second-order valence-corrected chi connectivity index (χ2v) is 8.61. The molecule has 0 aliphatic rings. The van der Waals surface area contributed by atoms with Crippen LogP contribution < -0.4 is 14.8 Å². The fraction of sp³-hybridized carbons (Fsp3) is 0.172. The average molecular weight is 496 g/mol. The van der Waals surface area contributed by atoms with Gasteiger partial charge < -0.3 is 14.8 Å². The summed E-state index contributed by atoms with van der Waals surface area (Å²) in [6.45, 7) is 4.34. The number of anilines is 1. The van der Waals surface area contributed by atoms with Crippen LogP contribution in [0.15, 0.2) is 67.0 Å². The van der Waals surface area contributed by atoms with Crippen molar-refractivity contribution in [3.63, 3.8) is 0 Å². The zero-order chi connectivity index (χ0) is 25.9. The van der Waals surface area contributed by atoms with Gasteiger partial charge in [-0.2, -0.15) is 0 Å².